The summed E-state index contributed by atoms with van der Waals surface area (Å²) in [6, 6.07) is 11.0. The van der Waals surface area contributed by atoms with Crippen LogP contribution in [0.1, 0.15) is 12.7 Å². The first-order valence-electron chi connectivity index (χ1n) is 11.5. The number of piperazine rings is 1. The number of fused-ring (bicyclic) bond motifs is 4. The number of aryl methyl sites for hydroxylation is 1. The van der Waals surface area contributed by atoms with Gasteiger partial charge >= 0.3 is 0 Å². The largest absolute Gasteiger partial charge is 0.345 e. The van der Waals surface area contributed by atoms with Gasteiger partial charge in [0.15, 0.2) is 5.82 Å². The zero-order valence-electron chi connectivity index (χ0n) is 19.1. The minimum Gasteiger partial charge on any atom is -0.345 e. The molecule has 1 aliphatic rings. The molecule has 12 heteroatoms. The van der Waals surface area contributed by atoms with Gasteiger partial charge in [0.25, 0.3) is 5.56 Å². The standard InChI is InChI=1S/C23H24N8O3S/c1-2-30-22(32)16-6-3-4-8-18(16)31-20(26-27-23(30)31)15-28-10-12-29(13-11-28)35(33,34)19-14-25-21-17(19)7-5-9-24-21/h3-9,14H,2,10-13,15H2,1H3,(H,24,25). The van der Waals surface area contributed by atoms with Gasteiger partial charge in [0.1, 0.15) is 10.5 Å². The van der Waals surface area contributed by atoms with Crippen molar-refractivity contribution in [2.75, 3.05) is 26.2 Å². The van der Waals surface area contributed by atoms with Crippen LogP contribution in [0.3, 0.4) is 0 Å². The van der Waals surface area contributed by atoms with Crippen LogP contribution in [0.4, 0.5) is 0 Å². The van der Waals surface area contributed by atoms with Crippen molar-refractivity contribution < 1.29 is 8.42 Å². The maximum atomic E-state index is 13.3. The number of hydrogen-bond acceptors (Lipinski definition) is 7. The maximum absolute atomic E-state index is 13.3. The highest BCUT2D eigenvalue weighted by atomic mass is 32.2. The fourth-order valence-electron chi connectivity index (χ4n) is 4.81. The number of benzene rings is 1. The number of rotatable bonds is 5. The highest BCUT2D eigenvalue weighted by molar-refractivity contribution is 7.89. The van der Waals surface area contributed by atoms with Gasteiger partial charge in [-0.15, -0.1) is 10.2 Å². The zero-order chi connectivity index (χ0) is 24.2. The predicted molar refractivity (Wildman–Crippen MR) is 131 cm³/mol. The zero-order valence-corrected chi connectivity index (χ0v) is 19.9. The van der Waals surface area contributed by atoms with Gasteiger partial charge in [0.2, 0.25) is 15.8 Å². The Balaban J connectivity index is 1.26. The lowest BCUT2D eigenvalue weighted by molar-refractivity contribution is 0.178. The van der Waals surface area contributed by atoms with Crippen molar-refractivity contribution >= 4 is 37.7 Å². The number of H-pyrrole nitrogens is 1. The average molecular weight is 493 g/mol. The average Bonchev–Trinajstić information content (AvgIpc) is 3.50. The van der Waals surface area contributed by atoms with Crippen LogP contribution >= 0.6 is 0 Å². The Hall–Kier alpha value is -3.61. The van der Waals surface area contributed by atoms with Gasteiger partial charge in [-0.1, -0.05) is 12.1 Å². The van der Waals surface area contributed by atoms with E-state index < -0.39 is 10.0 Å². The molecule has 1 N–H and O–H groups in total. The van der Waals surface area contributed by atoms with E-state index in [1.807, 2.05) is 35.6 Å². The summed E-state index contributed by atoms with van der Waals surface area (Å²) in [6.07, 6.45) is 3.14. The highest BCUT2D eigenvalue weighted by Crippen LogP contribution is 2.25. The topological polar surface area (TPSA) is 121 Å². The summed E-state index contributed by atoms with van der Waals surface area (Å²) in [5.41, 5.74) is 1.24. The lowest BCUT2D eigenvalue weighted by atomic mass is 10.2. The van der Waals surface area contributed by atoms with Crippen molar-refractivity contribution in [3.8, 4) is 0 Å². The SMILES string of the molecule is CCn1c(=O)c2ccccc2n2c(CN3CCN(S(=O)(=O)c4c[nH]c5ncccc45)CC3)nnc12. The summed E-state index contributed by atoms with van der Waals surface area (Å²) in [6.45, 7) is 4.75. The number of hydrogen-bond donors (Lipinski definition) is 1. The first kappa shape index (κ1) is 21.9. The van der Waals surface area contributed by atoms with Gasteiger partial charge in [-0.3, -0.25) is 18.7 Å². The highest BCUT2D eigenvalue weighted by Gasteiger charge is 2.31. The molecular weight excluding hydrogens is 468 g/mol. The first-order valence-corrected chi connectivity index (χ1v) is 12.9. The Kier molecular flexibility index (Phi) is 5.16. The molecule has 1 aliphatic heterocycles. The normalized spacial score (nSPS) is 16.0. The third-order valence-corrected chi connectivity index (χ3v) is 8.56. The second kappa shape index (κ2) is 8.26. The molecule has 0 spiro atoms. The molecule has 5 aromatic rings. The molecule has 11 nitrogen and oxygen atoms in total. The Morgan fingerprint density at radius 2 is 1.77 bits per heavy atom. The van der Waals surface area contributed by atoms with Crippen molar-refractivity contribution in [3.05, 3.63) is 65.0 Å². The van der Waals surface area contributed by atoms with Gasteiger partial charge in [-0.05, 0) is 31.2 Å². The van der Waals surface area contributed by atoms with Crippen molar-refractivity contribution in [2.24, 2.45) is 0 Å². The molecule has 0 amide bonds. The van der Waals surface area contributed by atoms with Crippen molar-refractivity contribution in [1.29, 1.82) is 0 Å². The van der Waals surface area contributed by atoms with Crippen LogP contribution in [-0.2, 0) is 23.1 Å². The Labute approximate surface area is 200 Å². The summed E-state index contributed by atoms with van der Waals surface area (Å²) >= 11 is 0. The second-order valence-corrected chi connectivity index (χ2v) is 10.5. The maximum Gasteiger partial charge on any atom is 0.262 e. The molecule has 6 rings (SSSR count). The first-order chi connectivity index (χ1) is 17.0. The number of nitrogens with one attached hydrogen (secondary N) is 1. The van der Waals surface area contributed by atoms with E-state index in [4.69, 9.17) is 0 Å². The Bertz CT molecular complexity index is 1730. The number of aromatic amines is 1. The van der Waals surface area contributed by atoms with Crippen molar-refractivity contribution in [2.45, 2.75) is 24.9 Å². The number of sulfonamides is 1. The third-order valence-electron chi connectivity index (χ3n) is 6.62. The van der Waals surface area contributed by atoms with E-state index in [0.717, 1.165) is 11.3 Å². The molecule has 35 heavy (non-hydrogen) atoms. The van der Waals surface area contributed by atoms with E-state index in [0.29, 0.717) is 61.5 Å². The fraction of sp³-hybridized carbons (Fsp3) is 0.304. The minimum absolute atomic E-state index is 0.0825. The van der Waals surface area contributed by atoms with Crippen LogP contribution in [0.5, 0.6) is 0 Å². The number of pyridine rings is 1. The molecule has 0 bridgehead atoms. The molecule has 0 radical (unpaired) electrons. The van der Waals surface area contributed by atoms with Gasteiger partial charge in [-0.2, -0.15) is 4.31 Å². The van der Waals surface area contributed by atoms with Gasteiger partial charge in [-0.25, -0.2) is 13.4 Å². The lowest BCUT2D eigenvalue weighted by Gasteiger charge is -2.33. The molecule has 5 heterocycles. The van der Waals surface area contributed by atoms with Crippen LogP contribution < -0.4 is 5.56 Å². The summed E-state index contributed by atoms with van der Waals surface area (Å²) in [7, 11) is -3.64. The molecule has 0 aliphatic carbocycles. The molecule has 0 atom stereocenters. The van der Waals surface area contributed by atoms with Gasteiger partial charge in [0.05, 0.1) is 17.4 Å². The van der Waals surface area contributed by atoms with E-state index in [-0.39, 0.29) is 10.5 Å². The van der Waals surface area contributed by atoms with Gasteiger partial charge in [0, 0.05) is 50.5 Å². The fourth-order valence-corrected chi connectivity index (χ4v) is 6.39. The van der Waals surface area contributed by atoms with Crippen LogP contribution in [0.25, 0.3) is 27.7 Å². The van der Waals surface area contributed by atoms with E-state index in [2.05, 4.69) is 25.1 Å². The molecule has 1 aromatic carbocycles. The van der Waals surface area contributed by atoms with E-state index in [9.17, 15) is 13.2 Å². The summed E-state index contributed by atoms with van der Waals surface area (Å²) in [4.78, 5) is 22.4. The smallest absolute Gasteiger partial charge is 0.262 e. The van der Waals surface area contributed by atoms with E-state index in [1.165, 1.54) is 10.5 Å². The number of para-hydroxylation sites is 1. The Morgan fingerprint density at radius 3 is 2.57 bits per heavy atom. The van der Waals surface area contributed by atoms with Crippen LogP contribution in [0.2, 0.25) is 0 Å². The Morgan fingerprint density at radius 1 is 1.00 bits per heavy atom. The van der Waals surface area contributed by atoms with Gasteiger partial charge < -0.3 is 4.98 Å². The van der Waals surface area contributed by atoms with Crippen LogP contribution in [0, 0.1) is 0 Å². The molecule has 4 aromatic heterocycles. The van der Waals surface area contributed by atoms with Crippen LogP contribution in [0.15, 0.2) is 58.5 Å². The molecule has 1 saturated heterocycles. The summed E-state index contributed by atoms with van der Waals surface area (Å²) in [5.74, 6) is 1.23. The molecule has 180 valence electrons. The summed E-state index contributed by atoms with van der Waals surface area (Å²) in [5, 5.41) is 9.93. The number of nitrogens with zero attached hydrogens (tertiary/aromatic N) is 7. The van der Waals surface area contributed by atoms with Crippen molar-refractivity contribution in [3.63, 3.8) is 0 Å². The minimum atomic E-state index is -3.64. The number of aromatic nitrogens is 6. The quantitative estimate of drug-likeness (QED) is 0.394. The monoisotopic (exact) mass is 492 g/mol. The van der Waals surface area contributed by atoms with E-state index in [1.54, 1.807) is 22.9 Å². The van der Waals surface area contributed by atoms with Crippen LogP contribution in [-0.4, -0.2) is 72.9 Å². The molecular formula is C23H24N8O3S. The van der Waals surface area contributed by atoms with Crippen molar-refractivity contribution in [1.82, 2.24) is 38.3 Å². The molecule has 1 fully saturated rings. The predicted octanol–water partition coefficient (Wildman–Crippen LogP) is 1.45. The van der Waals surface area contributed by atoms with E-state index >= 15 is 0 Å². The lowest BCUT2D eigenvalue weighted by Crippen LogP contribution is -2.48. The third kappa shape index (κ3) is 3.44. The molecule has 0 saturated carbocycles. The second-order valence-electron chi connectivity index (χ2n) is 8.55. The summed E-state index contributed by atoms with van der Waals surface area (Å²) < 4.78 is 31.7. The molecule has 0 unspecified atom stereocenters.